The van der Waals surface area contributed by atoms with Crippen LogP contribution in [0.4, 0.5) is 5.13 Å². The van der Waals surface area contributed by atoms with Gasteiger partial charge in [-0.1, -0.05) is 65.9 Å². The second-order valence-corrected chi connectivity index (χ2v) is 10.9. The van der Waals surface area contributed by atoms with Crippen molar-refractivity contribution >= 4 is 42.4 Å². The van der Waals surface area contributed by atoms with Crippen molar-refractivity contribution < 1.29 is 13.2 Å². The Morgan fingerprint density at radius 1 is 0.969 bits per heavy atom. The van der Waals surface area contributed by atoms with Gasteiger partial charge in [-0.15, -0.1) is 0 Å². The minimum atomic E-state index is -3.55. The van der Waals surface area contributed by atoms with Gasteiger partial charge in [0.05, 0.1) is 27.4 Å². The second-order valence-electron chi connectivity index (χ2n) is 7.77. The molecule has 4 aromatic rings. The van der Waals surface area contributed by atoms with Gasteiger partial charge in [0.25, 0.3) is 0 Å². The number of anilines is 1. The lowest BCUT2D eigenvalue weighted by Crippen LogP contribution is -2.31. The summed E-state index contributed by atoms with van der Waals surface area (Å²) >= 11 is 1.46. The van der Waals surface area contributed by atoms with Gasteiger partial charge in [-0.05, 0) is 48.7 Å². The zero-order valence-corrected chi connectivity index (χ0v) is 19.6. The van der Waals surface area contributed by atoms with E-state index in [2.05, 4.69) is 6.07 Å². The van der Waals surface area contributed by atoms with Gasteiger partial charge in [0.2, 0.25) is 5.91 Å². The number of rotatable bonds is 7. The highest BCUT2D eigenvalue weighted by molar-refractivity contribution is 7.91. The molecule has 0 N–H and O–H groups in total. The molecule has 1 amide bonds. The first-order chi connectivity index (χ1) is 15.3. The van der Waals surface area contributed by atoms with Gasteiger partial charge in [0.15, 0.2) is 15.0 Å². The molecule has 164 valence electrons. The van der Waals surface area contributed by atoms with Crippen molar-refractivity contribution in [3.05, 3.63) is 89.5 Å². The summed E-state index contributed by atoms with van der Waals surface area (Å²) in [6, 6.07) is 22.0. The van der Waals surface area contributed by atoms with Gasteiger partial charge in [-0.25, -0.2) is 13.4 Å². The Hall–Kier alpha value is -3.03. The van der Waals surface area contributed by atoms with Crippen molar-refractivity contribution in [2.45, 2.75) is 31.7 Å². The SMILES string of the molecule is Cc1cc(C)c2sc(N(Cc3ccccc3)C(=O)CCS(=O)(=O)c3ccccc3)nc2c1. The molecule has 0 unspecified atom stereocenters. The number of thiazole rings is 1. The van der Waals surface area contributed by atoms with Crippen LogP contribution in [0.2, 0.25) is 0 Å². The fourth-order valence-electron chi connectivity index (χ4n) is 3.61. The number of carbonyl (C=O) groups is 1. The van der Waals surface area contributed by atoms with Crippen molar-refractivity contribution in [1.82, 2.24) is 4.98 Å². The van der Waals surface area contributed by atoms with E-state index >= 15 is 0 Å². The Bertz CT molecular complexity index is 1350. The predicted molar refractivity (Wildman–Crippen MR) is 130 cm³/mol. The molecule has 0 aliphatic carbocycles. The van der Waals surface area contributed by atoms with Crippen molar-refractivity contribution in [2.75, 3.05) is 10.7 Å². The molecular weight excluding hydrogens is 440 g/mol. The van der Waals surface area contributed by atoms with E-state index in [-0.39, 0.29) is 23.0 Å². The zero-order valence-electron chi connectivity index (χ0n) is 18.0. The first-order valence-electron chi connectivity index (χ1n) is 10.3. The van der Waals surface area contributed by atoms with E-state index in [1.54, 1.807) is 35.2 Å². The molecule has 0 spiro atoms. The number of amides is 1. The third-order valence-corrected chi connectivity index (χ3v) is 8.17. The zero-order chi connectivity index (χ0) is 22.7. The maximum Gasteiger partial charge on any atom is 0.230 e. The van der Waals surface area contributed by atoms with E-state index in [1.807, 2.05) is 50.2 Å². The van der Waals surface area contributed by atoms with Crippen LogP contribution < -0.4 is 4.90 Å². The number of aromatic nitrogens is 1. The van der Waals surface area contributed by atoms with E-state index in [0.717, 1.165) is 26.9 Å². The highest BCUT2D eigenvalue weighted by atomic mass is 32.2. The maximum absolute atomic E-state index is 13.3. The van der Waals surface area contributed by atoms with Crippen LogP contribution in [0.25, 0.3) is 10.2 Å². The molecule has 4 rings (SSSR count). The topological polar surface area (TPSA) is 67.3 Å². The summed E-state index contributed by atoms with van der Waals surface area (Å²) in [5.41, 5.74) is 4.04. The summed E-state index contributed by atoms with van der Waals surface area (Å²) in [4.78, 5) is 19.8. The molecule has 3 aromatic carbocycles. The lowest BCUT2D eigenvalue weighted by molar-refractivity contribution is -0.118. The van der Waals surface area contributed by atoms with Gasteiger partial charge in [0, 0.05) is 6.42 Å². The molecule has 0 aliphatic heterocycles. The summed E-state index contributed by atoms with van der Waals surface area (Å²) in [5, 5.41) is 0.583. The van der Waals surface area contributed by atoms with E-state index in [1.165, 1.54) is 11.3 Å². The first kappa shape index (κ1) is 22.2. The van der Waals surface area contributed by atoms with Crippen LogP contribution in [0.1, 0.15) is 23.1 Å². The molecule has 1 heterocycles. The molecule has 0 aliphatic rings. The normalized spacial score (nSPS) is 11.6. The molecule has 0 saturated heterocycles. The number of sulfone groups is 1. The van der Waals surface area contributed by atoms with Crippen LogP contribution in [0, 0.1) is 13.8 Å². The number of nitrogens with zero attached hydrogens (tertiary/aromatic N) is 2. The van der Waals surface area contributed by atoms with Crippen LogP contribution in [0.5, 0.6) is 0 Å². The van der Waals surface area contributed by atoms with Crippen LogP contribution in [-0.4, -0.2) is 25.1 Å². The van der Waals surface area contributed by atoms with Gasteiger partial charge in [-0.3, -0.25) is 9.69 Å². The lowest BCUT2D eigenvalue weighted by atomic mass is 10.1. The Labute approximate surface area is 192 Å². The molecule has 1 aromatic heterocycles. The Morgan fingerprint density at radius 2 is 1.62 bits per heavy atom. The number of aryl methyl sites for hydroxylation is 2. The van der Waals surface area contributed by atoms with Crippen LogP contribution in [0.3, 0.4) is 0 Å². The van der Waals surface area contributed by atoms with E-state index in [9.17, 15) is 13.2 Å². The molecule has 0 bridgehead atoms. The minimum Gasteiger partial charge on any atom is -0.284 e. The molecule has 5 nitrogen and oxygen atoms in total. The van der Waals surface area contributed by atoms with Gasteiger partial charge in [0.1, 0.15) is 0 Å². The molecule has 7 heteroatoms. The van der Waals surface area contributed by atoms with Crippen molar-refractivity contribution in [3.63, 3.8) is 0 Å². The maximum atomic E-state index is 13.3. The van der Waals surface area contributed by atoms with Crippen molar-refractivity contribution in [1.29, 1.82) is 0 Å². The molecular formula is C25H24N2O3S2. The highest BCUT2D eigenvalue weighted by Crippen LogP contribution is 2.33. The fraction of sp³-hybridized carbons (Fsp3) is 0.200. The number of benzene rings is 3. The average Bonchev–Trinajstić information content (AvgIpc) is 3.21. The monoisotopic (exact) mass is 464 g/mol. The quantitative estimate of drug-likeness (QED) is 0.372. The number of hydrogen-bond donors (Lipinski definition) is 0. The largest absolute Gasteiger partial charge is 0.284 e. The lowest BCUT2D eigenvalue weighted by Gasteiger charge is -2.20. The summed E-state index contributed by atoms with van der Waals surface area (Å²) in [5.74, 6) is -0.508. The standard InChI is InChI=1S/C25H24N2O3S2/c1-18-15-19(2)24-22(16-18)26-25(31-24)27(17-20-9-5-3-6-10-20)23(28)13-14-32(29,30)21-11-7-4-8-12-21/h3-12,15-16H,13-14,17H2,1-2H3. The predicted octanol–water partition coefficient (Wildman–Crippen LogP) is 5.31. The Kier molecular flexibility index (Phi) is 6.39. The molecule has 0 saturated carbocycles. The van der Waals surface area contributed by atoms with Gasteiger partial charge >= 0.3 is 0 Å². The Balaban J connectivity index is 1.64. The third kappa shape index (κ3) is 4.89. The fourth-order valence-corrected chi connectivity index (χ4v) is 5.89. The molecule has 0 radical (unpaired) electrons. The Morgan fingerprint density at radius 3 is 2.31 bits per heavy atom. The second kappa shape index (κ2) is 9.22. The van der Waals surface area contributed by atoms with Crippen LogP contribution in [-0.2, 0) is 21.2 Å². The van der Waals surface area contributed by atoms with E-state index < -0.39 is 9.84 Å². The summed E-state index contributed by atoms with van der Waals surface area (Å²) in [7, 11) is -3.55. The molecule has 32 heavy (non-hydrogen) atoms. The summed E-state index contributed by atoms with van der Waals surface area (Å²) < 4.78 is 26.4. The summed E-state index contributed by atoms with van der Waals surface area (Å²) in [6.07, 6.45) is -0.113. The van der Waals surface area contributed by atoms with Crippen LogP contribution in [0.15, 0.2) is 77.7 Å². The number of fused-ring (bicyclic) bond motifs is 1. The summed E-state index contributed by atoms with van der Waals surface area (Å²) in [6.45, 7) is 4.39. The van der Waals surface area contributed by atoms with E-state index in [0.29, 0.717) is 11.7 Å². The highest BCUT2D eigenvalue weighted by Gasteiger charge is 2.24. The van der Waals surface area contributed by atoms with Gasteiger partial charge < -0.3 is 0 Å². The molecule has 0 atom stereocenters. The number of carbonyl (C=O) groups excluding carboxylic acids is 1. The van der Waals surface area contributed by atoms with Gasteiger partial charge in [-0.2, -0.15) is 0 Å². The first-order valence-corrected chi connectivity index (χ1v) is 12.8. The van der Waals surface area contributed by atoms with Crippen molar-refractivity contribution in [3.8, 4) is 0 Å². The number of hydrogen-bond acceptors (Lipinski definition) is 5. The average molecular weight is 465 g/mol. The minimum absolute atomic E-state index is 0.113. The van der Waals surface area contributed by atoms with Crippen LogP contribution >= 0.6 is 11.3 Å². The van der Waals surface area contributed by atoms with E-state index in [4.69, 9.17) is 4.98 Å². The third-order valence-electron chi connectivity index (χ3n) is 5.21. The smallest absolute Gasteiger partial charge is 0.230 e. The van der Waals surface area contributed by atoms with Crippen molar-refractivity contribution in [2.24, 2.45) is 0 Å². The molecule has 0 fully saturated rings.